The number of rotatable bonds is 3. The van der Waals surface area contributed by atoms with E-state index in [0.717, 1.165) is 19.0 Å². The Hall–Kier alpha value is -1.26. The van der Waals surface area contributed by atoms with E-state index in [1.807, 2.05) is 0 Å². The standard InChI is InChI=1S/C18H32N4O/c1-21(2)16(23)13-19-17(20-15-7-4-3-5-8-15)22-12-11-18(14-22)9-6-10-18/h15H,3-14H2,1-2H3,(H,19,20). The van der Waals surface area contributed by atoms with E-state index in [-0.39, 0.29) is 12.5 Å². The zero-order chi connectivity index (χ0) is 16.3. The van der Waals surface area contributed by atoms with Crippen LogP contribution in [0.2, 0.25) is 0 Å². The number of amides is 1. The molecule has 2 aliphatic carbocycles. The summed E-state index contributed by atoms with van der Waals surface area (Å²) in [7, 11) is 3.59. The molecule has 3 fully saturated rings. The number of aliphatic imine (C=N–C) groups is 1. The van der Waals surface area contributed by atoms with E-state index in [0.29, 0.717) is 11.5 Å². The van der Waals surface area contributed by atoms with E-state index < -0.39 is 0 Å². The number of nitrogens with zero attached hydrogens (tertiary/aromatic N) is 3. The summed E-state index contributed by atoms with van der Waals surface area (Å²) >= 11 is 0. The molecule has 3 rings (SSSR count). The first-order valence-electron chi connectivity index (χ1n) is 9.34. The Morgan fingerprint density at radius 1 is 1.17 bits per heavy atom. The minimum Gasteiger partial charge on any atom is -0.353 e. The van der Waals surface area contributed by atoms with Gasteiger partial charge in [-0.1, -0.05) is 25.7 Å². The van der Waals surface area contributed by atoms with Crippen molar-refractivity contribution in [3.63, 3.8) is 0 Å². The number of nitrogens with one attached hydrogen (secondary N) is 1. The molecule has 1 amide bonds. The molecule has 0 aromatic carbocycles. The van der Waals surface area contributed by atoms with Crippen LogP contribution in [0.25, 0.3) is 0 Å². The van der Waals surface area contributed by atoms with Gasteiger partial charge in [-0.2, -0.15) is 0 Å². The first kappa shape index (κ1) is 16.6. The molecular weight excluding hydrogens is 288 g/mol. The van der Waals surface area contributed by atoms with Crippen LogP contribution in [-0.2, 0) is 4.79 Å². The summed E-state index contributed by atoms with van der Waals surface area (Å²) in [4.78, 5) is 20.6. The van der Waals surface area contributed by atoms with Gasteiger partial charge < -0.3 is 15.1 Å². The van der Waals surface area contributed by atoms with Crippen molar-refractivity contribution in [2.24, 2.45) is 10.4 Å². The summed E-state index contributed by atoms with van der Waals surface area (Å²) < 4.78 is 0. The fourth-order valence-corrected chi connectivity index (χ4v) is 4.15. The number of likely N-dealkylation sites (tertiary alicyclic amines) is 1. The van der Waals surface area contributed by atoms with Gasteiger partial charge in [-0.3, -0.25) is 4.79 Å². The van der Waals surface area contributed by atoms with Crippen molar-refractivity contribution in [1.29, 1.82) is 0 Å². The Balaban J connectivity index is 1.65. The third kappa shape index (κ3) is 3.99. The molecule has 1 spiro atoms. The van der Waals surface area contributed by atoms with Crippen LogP contribution < -0.4 is 5.32 Å². The van der Waals surface area contributed by atoms with Crippen LogP contribution in [0.15, 0.2) is 4.99 Å². The van der Waals surface area contributed by atoms with Gasteiger partial charge in [-0.05, 0) is 37.5 Å². The summed E-state index contributed by atoms with van der Waals surface area (Å²) in [5, 5.41) is 3.68. The number of carbonyl (C=O) groups is 1. The molecule has 5 nitrogen and oxygen atoms in total. The normalized spacial score (nSPS) is 24.6. The molecule has 3 aliphatic rings. The highest BCUT2D eigenvalue weighted by Crippen LogP contribution is 2.47. The summed E-state index contributed by atoms with van der Waals surface area (Å²) in [5.74, 6) is 1.06. The third-order valence-electron chi connectivity index (χ3n) is 5.95. The van der Waals surface area contributed by atoms with Crippen molar-refractivity contribution in [2.75, 3.05) is 33.7 Å². The van der Waals surface area contributed by atoms with Crippen molar-refractivity contribution in [3.8, 4) is 0 Å². The zero-order valence-electron chi connectivity index (χ0n) is 14.8. The molecule has 1 N–H and O–H groups in total. The lowest BCUT2D eigenvalue weighted by atomic mass is 9.68. The average molecular weight is 320 g/mol. The Bertz CT molecular complexity index is 450. The fourth-order valence-electron chi connectivity index (χ4n) is 4.15. The van der Waals surface area contributed by atoms with Crippen molar-refractivity contribution in [1.82, 2.24) is 15.1 Å². The van der Waals surface area contributed by atoms with Gasteiger partial charge in [0.05, 0.1) is 0 Å². The summed E-state index contributed by atoms with van der Waals surface area (Å²) in [6, 6.07) is 0.537. The number of hydrogen-bond acceptors (Lipinski definition) is 2. The maximum Gasteiger partial charge on any atom is 0.243 e. The minimum absolute atomic E-state index is 0.0745. The van der Waals surface area contributed by atoms with Gasteiger partial charge >= 0.3 is 0 Å². The molecule has 5 heteroatoms. The van der Waals surface area contributed by atoms with E-state index in [4.69, 9.17) is 0 Å². The summed E-state index contributed by atoms with van der Waals surface area (Å²) in [6.45, 7) is 2.47. The molecular formula is C18H32N4O. The SMILES string of the molecule is CN(C)C(=O)CN=C(NC1CCCCC1)N1CCC2(CCC2)C1. The van der Waals surface area contributed by atoms with E-state index in [1.165, 1.54) is 57.8 Å². The van der Waals surface area contributed by atoms with Gasteiger partial charge in [0.15, 0.2) is 5.96 Å². The second-order valence-corrected chi connectivity index (χ2v) is 7.93. The smallest absolute Gasteiger partial charge is 0.243 e. The predicted molar refractivity (Wildman–Crippen MR) is 93.5 cm³/mol. The lowest BCUT2D eigenvalue weighted by Gasteiger charge is -2.38. The topological polar surface area (TPSA) is 47.9 Å². The lowest BCUT2D eigenvalue weighted by Crippen LogP contribution is -2.47. The van der Waals surface area contributed by atoms with Crippen LogP contribution in [0, 0.1) is 5.41 Å². The van der Waals surface area contributed by atoms with Crippen LogP contribution in [0.5, 0.6) is 0 Å². The Morgan fingerprint density at radius 2 is 1.91 bits per heavy atom. The Morgan fingerprint density at radius 3 is 2.48 bits per heavy atom. The highest BCUT2D eigenvalue weighted by Gasteiger charge is 2.43. The molecule has 1 aliphatic heterocycles. The zero-order valence-corrected chi connectivity index (χ0v) is 14.8. The van der Waals surface area contributed by atoms with Gasteiger partial charge in [-0.15, -0.1) is 0 Å². The summed E-state index contributed by atoms with van der Waals surface area (Å²) in [5.41, 5.74) is 0.556. The predicted octanol–water partition coefficient (Wildman–Crippen LogP) is 2.23. The van der Waals surface area contributed by atoms with Crippen LogP contribution in [0.4, 0.5) is 0 Å². The third-order valence-corrected chi connectivity index (χ3v) is 5.95. The van der Waals surface area contributed by atoms with E-state index in [1.54, 1.807) is 19.0 Å². The highest BCUT2D eigenvalue weighted by molar-refractivity contribution is 5.85. The second kappa shape index (κ2) is 7.10. The van der Waals surface area contributed by atoms with Crippen molar-refractivity contribution >= 4 is 11.9 Å². The molecule has 1 saturated heterocycles. The van der Waals surface area contributed by atoms with Crippen LogP contribution in [-0.4, -0.2) is 61.4 Å². The first-order valence-corrected chi connectivity index (χ1v) is 9.34. The molecule has 0 aromatic rings. The van der Waals surface area contributed by atoms with Gasteiger partial charge in [0, 0.05) is 33.2 Å². The first-order chi connectivity index (χ1) is 11.1. The van der Waals surface area contributed by atoms with Gasteiger partial charge in [0.2, 0.25) is 5.91 Å². The number of carbonyl (C=O) groups excluding carboxylic acids is 1. The van der Waals surface area contributed by atoms with E-state index >= 15 is 0 Å². The maximum atomic E-state index is 11.9. The monoisotopic (exact) mass is 320 g/mol. The van der Waals surface area contributed by atoms with E-state index in [9.17, 15) is 4.79 Å². The molecule has 0 bridgehead atoms. The van der Waals surface area contributed by atoms with Crippen molar-refractivity contribution in [3.05, 3.63) is 0 Å². The van der Waals surface area contributed by atoms with Crippen LogP contribution in [0.1, 0.15) is 57.8 Å². The number of hydrogen-bond donors (Lipinski definition) is 1. The largest absolute Gasteiger partial charge is 0.353 e. The average Bonchev–Trinajstić information content (AvgIpc) is 2.97. The quantitative estimate of drug-likeness (QED) is 0.641. The molecule has 0 unspecified atom stereocenters. The second-order valence-electron chi connectivity index (χ2n) is 7.93. The number of guanidine groups is 1. The highest BCUT2D eigenvalue weighted by atomic mass is 16.2. The van der Waals surface area contributed by atoms with Gasteiger partial charge in [0.1, 0.15) is 6.54 Å². The molecule has 23 heavy (non-hydrogen) atoms. The number of likely N-dealkylation sites (N-methyl/N-ethyl adjacent to an activating group) is 1. The molecule has 0 aromatic heterocycles. The molecule has 0 atom stereocenters. The Labute approximate surface area is 140 Å². The summed E-state index contributed by atoms with van der Waals surface area (Å²) in [6.07, 6.45) is 11.9. The Kier molecular flexibility index (Phi) is 5.12. The van der Waals surface area contributed by atoms with Gasteiger partial charge in [0.25, 0.3) is 0 Å². The van der Waals surface area contributed by atoms with Crippen LogP contribution >= 0.6 is 0 Å². The maximum absolute atomic E-state index is 11.9. The minimum atomic E-state index is 0.0745. The molecule has 0 radical (unpaired) electrons. The van der Waals surface area contributed by atoms with Gasteiger partial charge in [-0.25, -0.2) is 4.99 Å². The molecule has 130 valence electrons. The van der Waals surface area contributed by atoms with Crippen molar-refractivity contribution < 1.29 is 4.79 Å². The molecule has 1 heterocycles. The fraction of sp³-hybridized carbons (Fsp3) is 0.889. The lowest BCUT2D eigenvalue weighted by molar-refractivity contribution is -0.127. The van der Waals surface area contributed by atoms with Crippen molar-refractivity contribution in [2.45, 2.75) is 63.8 Å². The van der Waals surface area contributed by atoms with E-state index in [2.05, 4.69) is 15.2 Å². The van der Waals surface area contributed by atoms with Crippen LogP contribution in [0.3, 0.4) is 0 Å². The molecule has 2 saturated carbocycles.